The van der Waals surface area contributed by atoms with Crippen molar-refractivity contribution < 1.29 is 0 Å². The normalized spacial score (nSPS) is 53.2. The maximum Gasteiger partial charge on any atom is 0.128 e. The molecule has 3 aliphatic rings. The summed E-state index contributed by atoms with van der Waals surface area (Å²) in [5.41, 5.74) is 0. The van der Waals surface area contributed by atoms with E-state index in [0.29, 0.717) is 23.7 Å². The molecule has 72 valence electrons. The Labute approximate surface area is 97.2 Å². The second-order valence-corrected chi connectivity index (χ2v) is 7.12. The van der Waals surface area contributed by atoms with Crippen LogP contribution in [0.1, 0.15) is 6.42 Å². The van der Waals surface area contributed by atoms with E-state index in [0.717, 1.165) is 6.42 Å². The monoisotopic (exact) mass is 256 g/mol. The zero-order valence-corrected chi connectivity index (χ0v) is 9.71. The Morgan fingerprint density at radius 2 is 1.23 bits per heavy atom. The van der Waals surface area contributed by atoms with Crippen LogP contribution in [0.4, 0.5) is 0 Å². The van der Waals surface area contributed by atoms with Crippen molar-refractivity contribution in [3.05, 3.63) is 12.2 Å². The molecular formula is C9H8Cl4. The molecule has 4 unspecified atom stereocenters. The quantitative estimate of drug-likeness (QED) is 0.458. The second-order valence-electron chi connectivity index (χ2n) is 4.23. The number of allylic oxidation sites excluding steroid dienone is 2. The van der Waals surface area contributed by atoms with E-state index in [1.807, 2.05) is 0 Å². The van der Waals surface area contributed by atoms with Gasteiger partial charge in [-0.3, -0.25) is 0 Å². The third-order valence-electron chi connectivity index (χ3n) is 3.56. The molecule has 0 N–H and O–H groups in total. The Morgan fingerprint density at radius 1 is 0.846 bits per heavy atom. The molecule has 4 atom stereocenters. The third-order valence-corrected chi connectivity index (χ3v) is 5.69. The van der Waals surface area contributed by atoms with Gasteiger partial charge in [-0.05, 0) is 6.42 Å². The van der Waals surface area contributed by atoms with Crippen LogP contribution in [0.5, 0.6) is 0 Å². The zero-order valence-electron chi connectivity index (χ0n) is 6.68. The second kappa shape index (κ2) is 2.35. The summed E-state index contributed by atoms with van der Waals surface area (Å²) in [6, 6.07) is 0. The number of halogens is 4. The van der Waals surface area contributed by atoms with Crippen molar-refractivity contribution >= 4 is 46.4 Å². The van der Waals surface area contributed by atoms with Crippen molar-refractivity contribution in [2.45, 2.75) is 15.1 Å². The van der Waals surface area contributed by atoms with Crippen molar-refractivity contribution in [1.29, 1.82) is 0 Å². The average Bonchev–Trinajstić information content (AvgIpc) is 2.75. The lowest BCUT2D eigenvalue weighted by atomic mass is 10.2. The third kappa shape index (κ3) is 1.07. The van der Waals surface area contributed by atoms with Gasteiger partial charge >= 0.3 is 0 Å². The fourth-order valence-electron chi connectivity index (χ4n) is 2.48. The van der Waals surface area contributed by atoms with Crippen LogP contribution < -0.4 is 0 Å². The summed E-state index contributed by atoms with van der Waals surface area (Å²) in [6.07, 6.45) is 5.13. The number of alkyl halides is 4. The highest BCUT2D eigenvalue weighted by atomic mass is 35.5. The highest BCUT2D eigenvalue weighted by Crippen LogP contribution is 2.72. The van der Waals surface area contributed by atoms with E-state index in [9.17, 15) is 0 Å². The molecule has 0 aromatic heterocycles. The molecule has 4 heteroatoms. The maximum absolute atomic E-state index is 6.09. The van der Waals surface area contributed by atoms with Crippen LogP contribution in [-0.4, -0.2) is 8.67 Å². The Hall–Kier alpha value is 0.900. The summed E-state index contributed by atoms with van der Waals surface area (Å²) >= 11 is 24.4. The molecule has 0 aromatic carbocycles. The topological polar surface area (TPSA) is 0 Å². The molecule has 0 nitrogen and oxygen atoms in total. The predicted octanol–water partition coefficient (Wildman–Crippen LogP) is 3.79. The van der Waals surface area contributed by atoms with Gasteiger partial charge in [0.05, 0.1) is 0 Å². The summed E-state index contributed by atoms with van der Waals surface area (Å²) in [4.78, 5) is 0. The number of fused-ring (bicyclic) bond motifs is 2. The van der Waals surface area contributed by atoms with Crippen LogP contribution in [0.2, 0.25) is 0 Å². The Balaban J connectivity index is 1.86. The molecule has 0 aromatic rings. The van der Waals surface area contributed by atoms with E-state index in [1.165, 1.54) is 0 Å². The fraction of sp³-hybridized carbons (Fsp3) is 0.778. The smallest absolute Gasteiger partial charge is 0.101 e. The molecule has 2 fully saturated rings. The van der Waals surface area contributed by atoms with Gasteiger partial charge in [0, 0.05) is 23.7 Å². The van der Waals surface area contributed by atoms with Gasteiger partial charge in [0.1, 0.15) is 8.67 Å². The van der Waals surface area contributed by atoms with Crippen LogP contribution >= 0.6 is 46.4 Å². The van der Waals surface area contributed by atoms with Gasteiger partial charge in [0.25, 0.3) is 0 Å². The molecule has 0 aliphatic heterocycles. The molecule has 0 saturated heterocycles. The predicted molar refractivity (Wildman–Crippen MR) is 56.6 cm³/mol. The van der Waals surface area contributed by atoms with E-state index in [4.69, 9.17) is 46.4 Å². The molecule has 13 heavy (non-hydrogen) atoms. The van der Waals surface area contributed by atoms with Gasteiger partial charge < -0.3 is 0 Å². The maximum atomic E-state index is 6.09. The minimum Gasteiger partial charge on any atom is -0.101 e. The van der Waals surface area contributed by atoms with E-state index in [-0.39, 0.29) is 0 Å². The van der Waals surface area contributed by atoms with Crippen molar-refractivity contribution in [2.24, 2.45) is 23.7 Å². The SMILES string of the molecule is ClC1(Cl)C2C=CC3C(CC21)C3(Cl)Cl. The number of hydrogen-bond donors (Lipinski definition) is 0. The van der Waals surface area contributed by atoms with E-state index >= 15 is 0 Å². The Bertz CT molecular complexity index is 266. The first-order chi connectivity index (χ1) is 5.95. The highest BCUT2D eigenvalue weighted by molar-refractivity contribution is 6.52. The minimum atomic E-state index is -0.548. The molecule has 2 saturated carbocycles. The molecule has 0 heterocycles. The van der Waals surface area contributed by atoms with Crippen molar-refractivity contribution in [1.82, 2.24) is 0 Å². The molecule has 0 bridgehead atoms. The van der Waals surface area contributed by atoms with Crippen molar-refractivity contribution in [3.63, 3.8) is 0 Å². The first-order valence-corrected chi connectivity index (χ1v) is 5.91. The molecule has 0 radical (unpaired) electrons. The number of hydrogen-bond acceptors (Lipinski definition) is 0. The van der Waals surface area contributed by atoms with Crippen LogP contribution in [0.15, 0.2) is 12.2 Å². The molecule has 0 spiro atoms. The lowest BCUT2D eigenvalue weighted by molar-refractivity contribution is 0.614. The molecule has 0 amide bonds. The van der Waals surface area contributed by atoms with Gasteiger partial charge in [0.2, 0.25) is 0 Å². The first kappa shape index (κ1) is 9.15. The summed E-state index contributed by atoms with van der Waals surface area (Å²) in [5.74, 6) is 1.38. The average molecular weight is 258 g/mol. The largest absolute Gasteiger partial charge is 0.128 e. The van der Waals surface area contributed by atoms with Crippen molar-refractivity contribution in [3.8, 4) is 0 Å². The fourth-order valence-corrected chi connectivity index (χ4v) is 4.02. The van der Waals surface area contributed by atoms with Gasteiger partial charge in [-0.2, -0.15) is 0 Å². The lowest BCUT2D eigenvalue weighted by Gasteiger charge is -1.98. The summed E-state index contributed by atoms with van der Waals surface area (Å²) in [7, 11) is 0. The Morgan fingerprint density at radius 3 is 1.62 bits per heavy atom. The summed E-state index contributed by atoms with van der Waals surface area (Å²) in [6.45, 7) is 0. The van der Waals surface area contributed by atoms with Gasteiger partial charge in [-0.1, -0.05) is 12.2 Å². The van der Waals surface area contributed by atoms with Gasteiger partial charge in [0.15, 0.2) is 0 Å². The van der Waals surface area contributed by atoms with E-state index in [1.54, 1.807) is 0 Å². The van der Waals surface area contributed by atoms with Crippen LogP contribution in [0, 0.1) is 23.7 Å². The highest BCUT2D eigenvalue weighted by Gasteiger charge is 2.71. The summed E-state index contributed by atoms with van der Waals surface area (Å²) < 4.78 is -1.10. The Kier molecular flexibility index (Phi) is 1.65. The molecule has 3 aliphatic carbocycles. The molecule has 3 rings (SSSR count). The van der Waals surface area contributed by atoms with Crippen molar-refractivity contribution in [2.75, 3.05) is 0 Å². The van der Waals surface area contributed by atoms with Crippen LogP contribution in [0.3, 0.4) is 0 Å². The lowest BCUT2D eigenvalue weighted by Crippen LogP contribution is -1.96. The minimum absolute atomic E-state index is 0.327. The van der Waals surface area contributed by atoms with E-state index < -0.39 is 8.67 Å². The molecular weight excluding hydrogens is 250 g/mol. The first-order valence-electron chi connectivity index (χ1n) is 4.39. The van der Waals surface area contributed by atoms with Gasteiger partial charge in [-0.25, -0.2) is 0 Å². The standard InChI is InChI=1S/C9H8Cl4/c10-8(11)4-1-2-5-7(3-6(4)8)9(5,12)13/h1-2,4-7H,3H2. The van der Waals surface area contributed by atoms with E-state index in [2.05, 4.69) is 12.2 Å². The van der Waals surface area contributed by atoms with Gasteiger partial charge in [-0.15, -0.1) is 46.4 Å². The summed E-state index contributed by atoms with van der Waals surface area (Å²) in [5, 5.41) is 0. The van der Waals surface area contributed by atoms with Crippen LogP contribution in [0.25, 0.3) is 0 Å². The van der Waals surface area contributed by atoms with Crippen LogP contribution in [-0.2, 0) is 0 Å². The number of rotatable bonds is 0. The zero-order chi connectivity index (χ0) is 9.43.